The van der Waals surface area contributed by atoms with Crippen molar-refractivity contribution in [1.29, 1.82) is 0 Å². The lowest BCUT2D eigenvalue weighted by molar-refractivity contribution is -0.0395. The molecule has 120 valence electrons. The summed E-state index contributed by atoms with van der Waals surface area (Å²) in [7, 11) is 0. The lowest BCUT2D eigenvalue weighted by atomic mass is 9.85. The highest BCUT2D eigenvalue weighted by molar-refractivity contribution is 5.04. The first kappa shape index (κ1) is 16.4. The highest BCUT2D eigenvalue weighted by atomic mass is 19.3. The molecular formula is C16H26F2N2O. The Hall–Kier alpha value is -0.970. The van der Waals surface area contributed by atoms with E-state index >= 15 is 0 Å². The molecule has 1 N–H and O–H groups in total. The summed E-state index contributed by atoms with van der Waals surface area (Å²) in [5.74, 6) is -0.876. The van der Waals surface area contributed by atoms with Crippen molar-refractivity contribution in [2.75, 3.05) is 6.54 Å². The van der Waals surface area contributed by atoms with Crippen molar-refractivity contribution in [3.05, 3.63) is 17.8 Å². The van der Waals surface area contributed by atoms with E-state index < -0.39 is 5.92 Å². The monoisotopic (exact) mass is 300 g/mol. The molecule has 0 radical (unpaired) electrons. The number of nitrogens with zero attached hydrogens (tertiary/aromatic N) is 1. The highest BCUT2D eigenvalue weighted by Crippen LogP contribution is 2.40. The quantitative estimate of drug-likeness (QED) is 0.824. The summed E-state index contributed by atoms with van der Waals surface area (Å²) in [5, 5.41) is 3.42. The Morgan fingerprint density at radius 1 is 1.33 bits per heavy atom. The smallest absolute Gasteiger partial charge is 0.248 e. The van der Waals surface area contributed by atoms with Gasteiger partial charge in [-0.05, 0) is 46.6 Å². The third kappa shape index (κ3) is 5.38. The van der Waals surface area contributed by atoms with Crippen molar-refractivity contribution >= 4 is 0 Å². The highest BCUT2D eigenvalue weighted by Gasteiger charge is 2.36. The van der Waals surface area contributed by atoms with Crippen LogP contribution >= 0.6 is 0 Å². The first-order valence-corrected chi connectivity index (χ1v) is 7.83. The number of halogens is 2. The third-order valence-electron chi connectivity index (χ3n) is 3.91. The molecule has 0 amide bonds. The molecule has 1 aromatic rings. The molecule has 0 saturated heterocycles. The molecule has 0 atom stereocenters. The number of aryl methyl sites for hydroxylation is 1. The lowest BCUT2D eigenvalue weighted by Gasteiger charge is -2.26. The summed E-state index contributed by atoms with van der Waals surface area (Å²) in [6.07, 6.45) is 4.37. The molecule has 1 aromatic heterocycles. The minimum Gasteiger partial charge on any atom is -0.445 e. The number of alkyl halides is 2. The fraction of sp³-hybridized carbons (Fsp3) is 0.812. The van der Waals surface area contributed by atoms with Gasteiger partial charge in [0.25, 0.3) is 0 Å². The zero-order chi connectivity index (χ0) is 15.5. The molecule has 1 aliphatic rings. The molecule has 1 saturated carbocycles. The van der Waals surface area contributed by atoms with Gasteiger partial charge < -0.3 is 9.73 Å². The first-order valence-electron chi connectivity index (χ1n) is 7.83. The largest absolute Gasteiger partial charge is 0.445 e. The van der Waals surface area contributed by atoms with Crippen molar-refractivity contribution in [1.82, 2.24) is 10.3 Å². The van der Waals surface area contributed by atoms with E-state index in [1.807, 2.05) is 0 Å². The van der Waals surface area contributed by atoms with Gasteiger partial charge >= 0.3 is 0 Å². The molecule has 21 heavy (non-hydrogen) atoms. The molecule has 0 aliphatic heterocycles. The fourth-order valence-electron chi connectivity index (χ4n) is 2.66. The van der Waals surface area contributed by atoms with E-state index in [0.29, 0.717) is 12.8 Å². The van der Waals surface area contributed by atoms with Gasteiger partial charge in [0.05, 0.1) is 6.20 Å². The van der Waals surface area contributed by atoms with E-state index in [9.17, 15) is 8.78 Å². The fourth-order valence-corrected chi connectivity index (χ4v) is 2.66. The molecule has 1 fully saturated rings. The standard InChI is InChI=1S/C16H26F2N2O/c1-15(2,3)20-10-4-5-14-19-11-13(21-14)12-6-8-16(17,18)9-7-12/h11-12,20H,4-10H2,1-3H3. The average Bonchev–Trinajstić information content (AvgIpc) is 2.82. The van der Waals surface area contributed by atoms with Crippen molar-refractivity contribution in [3.63, 3.8) is 0 Å². The Balaban J connectivity index is 1.77. The third-order valence-corrected chi connectivity index (χ3v) is 3.91. The molecule has 1 aliphatic carbocycles. The van der Waals surface area contributed by atoms with Gasteiger partial charge in [0.1, 0.15) is 5.76 Å². The SMILES string of the molecule is CC(C)(C)NCCCc1ncc(C2CCC(F)(F)CC2)o1. The van der Waals surface area contributed by atoms with Gasteiger partial charge in [-0.3, -0.25) is 0 Å². The molecule has 0 unspecified atom stereocenters. The lowest BCUT2D eigenvalue weighted by Crippen LogP contribution is -2.36. The van der Waals surface area contributed by atoms with Crippen LogP contribution in [0, 0.1) is 0 Å². The summed E-state index contributed by atoms with van der Waals surface area (Å²) in [4.78, 5) is 4.28. The van der Waals surface area contributed by atoms with Crippen LogP contribution < -0.4 is 5.32 Å². The number of rotatable bonds is 5. The second-order valence-electron chi connectivity index (χ2n) is 7.07. The summed E-state index contributed by atoms with van der Waals surface area (Å²) in [6, 6.07) is 0. The zero-order valence-electron chi connectivity index (χ0n) is 13.2. The van der Waals surface area contributed by atoms with Crippen LogP contribution in [0.2, 0.25) is 0 Å². The van der Waals surface area contributed by atoms with Crippen LogP contribution in [0.15, 0.2) is 10.6 Å². The summed E-state index contributed by atoms with van der Waals surface area (Å²) >= 11 is 0. The zero-order valence-corrected chi connectivity index (χ0v) is 13.2. The molecule has 0 aromatic carbocycles. The van der Waals surface area contributed by atoms with Crippen molar-refractivity contribution in [3.8, 4) is 0 Å². The number of hydrogen-bond acceptors (Lipinski definition) is 3. The normalized spacial score (nSPS) is 19.9. The number of aromatic nitrogens is 1. The number of nitrogens with one attached hydrogen (secondary N) is 1. The molecule has 5 heteroatoms. The number of hydrogen-bond donors (Lipinski definition) is 1. The predicted molar refractivity (Wildman–Crippen MR) is 78.7 cm³/mol. The van der Waals surface area contributed by atoms with Crippen LogP contribution in [0.3, 0.4) is 0 Å². The van der Waals surface area contributed by atoms with Gasteiger partial charge in [-0.25, -0.2) is 13.8 Å². The maximum absolute atomic E-state index is 13.1. The summed E-state index contributed by atoms with van der Waals surface area (Å²) in [6.45, 7) is 7.32. The Labute approximate surface area is 125 Å². The van der Waals surface area contributed by atoms with Crippen molar-refractivity contribution in [2.45, 2.75) is 76.7 Å². The maximum atomic E-state index is 13.1. The molecule has 0 bridgehead atoms. The Kier molecular flexibility index (Phi) is 5.02. The van der Waals surface area contributed by atoms with E-state index in [0.717, 1.165) is 31.0 Å². The average molecular weight is 300 g/mol. The van der Waals surface area contributed by atoms with Crippen LogP contribution in [0.1, 0.15) is 70.4 Å². The maximum Gasteiger partial charge on any atom is 0.248 e. The Bertz CT molecular complexity index is 441. The van der Waals surface area contributed by atoms with Crippen LogP contribution in [-0.4, -0.2) is 23.0 Å². The van der Waals surface area contributed by atoms with Crippen molar-refractivity contribution in [2.24, 2.45) is 0 Å². The van der Waals surface area contributed by atoms with E-state index in [2.05, 4.69) is 31.1 Å². The van der Waals surface area contributed by atoms with Gasteiger partial charge in [0.15, 0.2) is 5.89 Å². The van der Waals surface area contributed by atoms with E-state index in [-0.39, 0.29) is 24.3 Å². The molecule has 1 heterocycles. The van der Waals surface area contributed by atoms with Crippen LogP contribution in [-0.2, 0) is 6.42 Å². The van der Waals surface area contributed by atoms with Crippen LogP contribution in [0.25, 0.3) is 0 Å². The van der Waals surface area contributed by atoms with E-state index in [4.69, 9.17) is 4.42 Å². The molecule has 2 rings (SSSR count). The first-order chi connectivity index (χ1) is 9.75. The van der Waals surface area contributed by atoms with Gasteiger partial charge in [-0.15, -0.1) is 0 Å². The van der Waals surface area contributed by atoms with Crippen LogP contribution in [0.5, 0.6) is 0 Å². The topological polar surface area (TPSA) is 38.1 Å². The van der Waals surface area contributed by atoms with Gasteiger partial charge in [-0.2, -0.15) is 0 Å². The van der Waals surface area contributed by atoms with Crippen LogP contribution in [0.4, 0.5) is 8.78 Å². The molecule has 0 spiro atoms. The van der Waals surface area contributed by atoms with Gasteiger partial charge in [-0.1, -0.05) is 0 Å². The number of oxazole rings is 1. The van der Waals surface area contributed by atoms with Crippen molar-refractivity contribution < 1.29 is 13.2 Å². The van der Waals surface area contributed by atoms with E-state index in [1.54, 1.807) is 6.20 Å². The van der Waals surface area contributed by atoms with Gasteiger partial charge in [0, 0.05) is 30.7 Å². The predicted octanol–water partition coefficient (Wildman–Crippen LogP) is 4.29. The minimum absolute atomic E-state index is 0.0385. The minimum atomic E-state index is -2.49. The molecule has 3 nitrogen and oxygen atoms in total. The Morgan fingerprint density at radius 3 is 2.62 bits per heavy atom. The second-order valence-corrected chi connectivity index (χ2v) is 7.07. The second kappa shape index (κ2) is 6.42. The Morgan fingerprint density at radius 2 is 2.00 bits per heavy atom. The summed E-state index contributed by atoms with van der Waals surface area (Å²) in [5.41, 5.74) is 0.120. The summed E-state index contributed by atoms with van der Waals surface area (Å²) < 4.78 is 32.0. The van der Waals surface area contributed by atoms with E-state index in [1.165, 1.54) is 0 Å². The molecular weight excluding hydrogens is 274 g/mol. The van der Waals surface area contributed by atoms with Gasteiger partial charge in [0.2, 0.25) is 5.92 Å².